The SMILES string of the molecule is CC[C@H](O)C1CCOCC1. The highest BCUT2D eigenvalue weighted by Crippen LogP contribution is 2.19. The molecule has 2 nitrogen and oxygen atoms in total. The van der Waals surface area contributed by atoms with E-state index in [0.717, 1.165) is 32.5 Å². The lowest BCUT2D eigenvalue weighted by atomic mass is 9.93. The summed E-state index contributed by atoms with van der Waals surface area (Å²) >= 11 is 0. The lowest BCUT2D eigenvalue weighted by molar-refractivity contribution is 0.00687. The molecule has 1 N–H and O–H groups in total. The maximum absolute atomic E-state index is 9.43. The van der Waals surface area contributed by atoms with Gasteiger partial charge in [-0.25, -0.2) is 0 Å². The minimum atomic E-state index is -0.0936. The van der Waals surface area contributed by atoms with E-state index in [0.29, 0.717) is 5.92 Å². The van der Waals surface area contributed by atoms with Gasteiger partial charge in [0.2, 0.25) is 0 Å². The van der Waals surface area contributed by atoms with E-state index in [2.05, 4.69) is 0 Å². The van der Waals surface area contributed by atoms with Crippen LogP contribution in [0, 0.1) is 5.92 Å². The molecule has 0 saturated carbocycles. The first-order valence-corrected chi connectivity index (χ1v) is 4.10. The molecule has 1 rings (SSSR count). The van der Waals surface area contributed by atoms with E-state index >= 15 is 0 Å². The van der Waals surface area contributed by atoms with E-state index in [9.17, 15) is 5.11 Å². The van der Waals surface area contributed by atoms with Gasteiger partial charge >= 0.3 is 0 Å². The molecule has 0 radical (unpaired) electrons. The molecule has 0 aromatic carbocycles. The largest absolute Gasteiger partial charge is 0.393 e. The van der Waals surface area contributed by atoms with Crippen molar-refractivity contribution in [1.82, 2.24) is 0 Å². The third kappa shape index (κ3) is 1.96. The Balaban J connectivity index is 2.24. The number of hydrogen-bond donors (Lipinski definition) is 1. The average molecular weight is 144 g/mol. The molecular weight excluding hydrogens is 128 g/mol. The van der Waals surface area contributed by atoms with Crippen LogP contribution in [-0.4, -0.2) is 24.4 Å². The van der Waals surface area contributed by atoms with Crippen LogP contribution in [0.25, 0.3) is 0 Å². The van der Waals surface area contributed by atoms with Crippen LogP contribution in [0.1, 0.15) is 26.2 Å². The number of ether oxygens (including phenoxy) is 1. The predicted molar refractivity (Wildman–Crippen MR) is 39.8 cm³/mol. The van der Waals surface area contributed by atoms with Crippen molar-refractivity contribution in [3.8, 4) is 0 Å². The monoisotopic (exact) mass is 144 g/mol. The molecule has 60 valence electrons. The number of hydrogen-bond acceptors (Lipinski definition) is 2. The second-order valence-corrected chi connectivity index (χ2v) is 2.93. The van der Waals surface area contributed by atoms with Gasteiger partial charge in [0, 0.05) is 13.2 Å². The smallest absolute Gasteiger partial charge is 0.0567 e. The molecule has 2 heteroatoms. The summed E-state index contributed by atoms with van der Waals surface area (Å²) in [5.74, 6) is 0.499. The molecule has 1 fully saturated rings. The summed E-state index contributed by atoms with van der Waals surface area (Å²) in [6.45, 7) is 3.70. The Morgan fingerprint density at radius 1 is 1.50 bits per heavy atom. The number of aliphatic hydroxyl groups is 1. The molecule has 1 atom stereocenters. The van der Waals surface area contributed by atoms with Gasteiger partial charge in [0.05, 0.1) is 6.10 Å². The van der Waals surface area contributed by atoms with Crippen LogP contribution in [0.2, 0.25) is 0 Å². The zero-order valence-corrected chi connectivity index (χ0v) is 6.55. The minimum Gasteiger partial charge on any atom is -0.393 e. The average Bonchev–Trinajstić information content (AvgIpc) is 2.05. The summed E-state index contributed by atoms with van der Waals surface area (Å²) in [7, 11) is 0. The Labute approximate surface area is 62.2 Å². The summed E-state index contributed by atoms with van der Waals surface area (Å²) in [4.78, 5) is 0. The summed E-state index contributed by atoms with van der Waals surface area (Å²) in [6, 6.07) is 0. The molecule has 10 heavy (non-hydrogen) atoms. The maximum atomic E-state index is 9.43. The van der Waals surface area contributed by atoms with Gasteiger partial charge in [0.1, 0.15) is 0 Å². The highest BCUT2D eigenvalue weighted by molar-refractivity contribution is 4.70. The van der Waals surface area contributed by atoms with E-state index < -0.39 is 0 Å². The van der Waals surface area contributed by atoms with Gasteiger partial charge in [0.25, 0.3) is 0 Å². The normalized spacial score (nSPS) is 24.6. The molecule has 1 aliphatic rings. The third-order valence-electron chi connectivity index (χ3n) is 2.23. The molecule has 0 unspecified atom stereocenters. The fourth-order valence-electron chi connectivity index (χ4n) is 1.43. The van der Waals surface area contributed by atoms with Gasteiger partial charge in [-0.3, -0.25) is 0 Å². The molecule has 0 aromatic heterocycles. The Hall–Kier alpha value is -0.0800. The maximum Gasteiger partial charge on any atom is 0.0567 e. The van der Waals surface area contributed by atoms with E-state index in [1.165, 1.54) is 0 Å². The fraction of sp³-hybridized carbons (Fsp3) is 1.00. The van der Waals surface area contributed by atoms with Crippen LogP contribution in [0.3, 0.4) is 0 Å². The molecule has 0 aromatic rings. The second-order valence-electron chi connectivity index (χ2n) is 2.93. The van der Waals surface area contributed by atoms with Crippen LogP contribution in [0.4, 0.5) is 0 Å². The van der Waals surface area contributed by atoms with Crippen molar-refractivity contribution in [2.24, 2.45) is 5.92 Å². The van der Waals surface area contributed by atoms with Crippen LogP contribution in [0.15, 0.2) is 0 Å². The summed E-state index contributed by atoms with van der Waals surface area (Å²) in [5, 5.41) is 9.43. The van der Waals surface area contributed by atoms with E-state index in [4.69, 9.17) is 4.74 Å². The zero-order chi connectivity index (χ0) is 7.40. The van der Waals surface area contributed by atoms with E-state index in [1.807, 2.05) is 6.92 Å². The first-order valence-electron chi connectivity index (χ1n) is 4.10. The van der Waals surface area contributed by atoms with E-state index in [1.54, 1.807) is 0 Å². The van der Waals surface area contributed by atoms with Crippen molar-refractivity contribution in [3.63, 3.8) is 0 Å². The summed E-state index contributed by atoms with van der Waals surface area (Å²) in [5.41, 5.74) is 0. The van der Waals surface area contributed by atoms with Gasteiger partial charge in [-0.15, -0.1) is 0 Å². The highest BCUT2D eigenvalue weighted by atomic mass is 16.5. The lowest BCUT2D eigenvalue weighted by Gasteiger charge is -2.25. The van der Waals surface area contributed by atoms with Gasteiger partial charge in [-0.2, -0.15) is 0 Å². The van der Waals surface area contributed by atoms with Crippen molar-refractivity contribution < 1.29 is 9.84 Å². The van der Waals surface area contributed by atoms with Gasteiger partial charge in [-0.1, -0.05) is 6.92 Å². The minimum absolute atomic E-state index is 0.0936. The van der Waals surface area contributed by atoms with Crippen molar-refractivity contribution in [3.05, 3.63) is 0 Å². The number of rotatable bonds is 2. The van der Waals surface area contributed by atoms with Crippen molar-refractivity contribution in [2.75, 3.05) is 13.2 Å². The van der Waals surface area contributed by atoms with Gasteiger partial charge < -0.3 is 9.84 Å². The standard InChI is InChI=1S/C8H16O2/c1-2-8(9)7-3-5-10-6-4-7/h7-9H,2-6H2,1H3/t8-/m0/s1. The second kappa shape index (κ2) is 3.94. The Morgan fingerprint density at radius 2 is 2.10 bits per heavy atom. The number of aliphatic hydroxyl groups excluding tert-OH is 1. The fourth-order valence-corrected chi connectivity index (χ4v) is 1.43. The molecule has 1 saturated heterocycles. The zero-order valence-electron chi connectivity index (χ0n) is 6.55. The first-order chi connectivity index (χ1) is 4.84. The summed E-state index contributed by atoms with van der Waals surface area (Å²) < 4.78 is 5.18. The Bertz CT molecular complexity index is 87.3. The molecule has 1 aliphatic heterocycles. The molecule has 0 bridgehead atoms. The highest BCUT2D eigenvalue weighted by Gasteiger charge is 2.19. The summed E-state index contributed by atoms with van der Waals surface area (Å²) in [6.07, 6.45) is 2.86. The van der Waals surface area contributed by atoms with Crippen LogP contribution < -0.4 is 0 Å². The lowest BCUT2D eigenvalue weighted by Crippen LogP contribution is -2.26. The molecule has 0 aliphatic carbocycles. The molecule has 1 heterocycles. The topological polar surface area (TPSA) is 29.5 Å². The quantitative estimate of drug-likeness (QED) is 0.630. The predicted octanol–water partition coefficient (Wildman–Crippen LogP) is 1.18. The van der Waals surface area contributed by atoms with Crippen LogP contribution in [0.5, 0.6) is 0 Å². The van der Waals surface area contributed by atoms with Crippen LogP contribution >= 0.6 is 0 Å². The Kier molecular flexibility index (Phi) is 3.16. The van der Waals surface area contributed by atoms with Crippen LogP contribution in [-0.2, 0) is 4.74 Å². The van der Waals surface area contributed by atoms with Crippen molar-refractivity contribution in [1.29, 1.82) is 0 Å². The third-order valence-corrected chi connectivity index (χ3v) is 2.23. The van der Waals surface area contributed by atoms with E-state index in [-0.39, 0.29) is 6.10 Å². The van der Waals surface area contributed by atoms with Crippen molar-refractivity contribution >= 4 is 0 Å². The Morgan fingerprint density at radius 3 is 2.60 bits per heavy atom. The molecule has 0 spiro atoms. The molecular formula is C8H16O2. The van der Waals surface area contributed by atoms with Gasteiger partial charge in [0.15, 0.2) is 0 Å². The first kappa shape index (κ1) is 8.02. The van der Waals surface area contributed by atoms with Gasteiger partial charge in [-0.05, 0) is 25.2 Å². The van der Waals surface area contributed by atoms with Crippen molar-refractivity contribution in [2.45, 2.75) is 32.3 Å². The molecule has 0 amide bonds.